The van der Waals surface area contributed by atoms with Crippen LogP contribution in [0.15, 0.2) is 54.6 Å². The molecule has 1 aliphatic rings. The van der Waals surface area contributed by atoms with Crippen molar-refractivity contribution in [1.82, 2.24) is 0 Å². The number of halogens is 1. The van der Waals surface area contributed by atoms with Gasteiger partial charge in [0.2, 0.25) is 0 Å². The SMILES string of the molecule is C=C(C)[C@H]1C[C@H](c2ccccc2Cl)[C@@H](C)O[C@@H]1c1cc(CC(=O)O)ccc1OCCC. The molecule has 0 bridgehead atoms. The van der Waals surface area contributed by atoms with Crippen molar-refractivity contribution in [1.29, 1.82) is 0 Å². The van der Waals surface area contributed by atoms with Crippen LogP contribution in [-0.4, -0.2) is 23.8 Å². The summed E-state index contributed by atoms with van der Waals surface area (Å²) in [4.78, 5) is 11.3. The van der Waals surface area contributed by atoms with Crippen molar-refractivity contribution in [2.75, 3.05) is 6.61 Å². The normalized spacial score (nSPS) is 23.4. The highest BCUT2D eigenvalue weighted by molar-refractivity contribution is 6.31. The minimum absolute atomic E-state index is 0.0384. The Balaban J connectivity index is 1.99. The third kappa shape index (κ3) is 5.50. The van der Waals surface area contributed by atoms with Gasteiger partial charge >= 0.3 is 5.97 Å². The fourth-order valence-corrected chi connectivity index (χ4v) is 4.64. The highest BCUT2D eigenvalue weighted by atomic mass is 35.5. The number of hydrogen-bond donors (Lipinski definition) is 1. The van der Waals surface area contributed by atoms with Crippen LogP contribution >= 0.6 is 11.6 Å². The third-order valence-corrected chi connectivity index (χ3v) is 6.28. The zero-order valence-corrected chi connectivity index (χ0v) is 19.2. The number of rotatable bonds is 8. The van der Waals surface area contributed by atoms with Gasteiger partial charge in [-0.2, -0.15) is 0 Å². The molecule has 0 unspecified atom stereocenters. The van der Waals surface area contributed by atoms with Gasteiger partial charge in [0.25, 0.3) is 0 Å². The zero-order valence-electron chi connectivity index (χ0n) is 18.4. The zero-order chi connectivity index (χ0) is 22.5. The molecule has 0 aromatic heterocycles. The van der Waals surface area contributed by atoms with E-state index in [2.05, 4.69) is 26.5 Å². The molecule has 0 saturated carbocycles. The Labute approximate surface area is 189 Å². The van der Waals surface area contributed by atoms with Gasteiger partial charge in [-0.25, -0.2) is 0 Å². The highest BCUT2D eigenvalue weighted by Gasteiger charge is 2.39. The van der Waals surface area contributed by atoms with Gasteiger partial charge in [-0.15, -0.1) is 0 Å². The molecule has 5 heteroatoms. The van der Waals surface area contributed by atoms with Crippen LogP contribution in [0.3, 0.4) is 0 Å². The first-order chi connectivity index (χ1) is 14.8. The van der Waals surface area contributed by atoms with E-state index in [0.717, 1.165) is 45.9 Å². The second kappa shape index (κ2) is 10.3. The first kappa shape index (κ1) is 23.4. The van der Waals surface area contributed by atoms with Crippen LogP contribution in [0.25, 0.3) is 0 Å². The van der Waals surface area contributed by atoms with Crippen molar-refractivity contribution in [2.24, 2.45) is 5.92 Å². The molecule has 31 heavy (non-hydrogen) atoms. The van der Waals surface area contributed by atoms with Crippen molar-refractivity contribution in [2.45, 2.75) is 58.2 Å². The molecule has 1 aliphatic heterocycles. The molecule has 3 rings (SSSR count). The first-order valence-electron chi connectivity index (χ1n) is 10.8. The number of carboxylic acid groups (broad SMARTS) is 1. The summed E-state index contributed by atoms with van der Waals surface area (Å²) < 4.78 is 12.6. The van der Waals surface area contributed by atoms with Crippen molar-refractivity contribution in [3.8, 4) is 5.75 Å². The molecule has 0 amide bonds. The van der Waals surface area contributed by atoms with Gasteiger partial charge in [0.1, 0.15) is 5.75 Å². The van der Waals surface area contributed by atoms with Crippen LogP contribution in [0.4, 0.5) is 0 Å². The van der Waals surface area contributed by atoms with Gasteiger partial charge in [-0.05, 0) is 56.0 Å². The Bertz CT molecular complexity index is 939. The Hall–Kier alpha value is -2.30. The lowest BCUT2D eigenvalue weighted by Crippen LogP contribution is -2.34. The molecular formula is C26H31ClO4. The fourth-order valence-electron chi connectivity index (χ4n) is 4.36. The lowest BCUT2D eigenvalue weighted by atomic mass is 9.75. The highest BCUT2D eigenvalue weighted by Crippen LogP contribution is 2.49. The molecule has 1 N–H and O–H groups in total. The topological polar surface area (TPSA) is 55.8 Å². The minimum Gasteiger partial charge on any atom is -0.493 e. The standard InChI is InChI=1S/C26H31ClO4/c1-5-12-30-24-11-10-18(14-25(28)29)13-22(24)26-20(16(2)3)15-21(17(4)31-26)19-8-6-7-9-23(19)27/h6-11,13,17,20-21,26H,2,5,12,14-15H2,1,3-4H3,(H,28,29)/t17-,20-,21+,26+/m1/s1. The number of carboxylic acids is 1. The molecule has 0 aliphatic carbocycles. The Morgan fingerprint density at radius 2 is 2.00 bits per heavy atom. The largest absolute Gasteiger partial charge is 0.493 e. The predicted octanol–water partition coefficient (Wildman–Crippen LogP) is 6.58. The molecule has 166 valence electrons. The van der Waals surface area contributed by atoms with Crippen LogP contribution in [0.2, 0.25) is 5.02 Å². The lowest BCUT2D eigenvalue weighted by Gasteiger charge is -2.42. The van der Waals surface area contributed by atoms with Gasteiger partial charge < -0.3 is 14.6 Å². The molecule has 0 radical (unpaired) electrons. The van der Waals surface area contributed by atoms with E-state index in [0.29, 0.717) is 6.61 Å². The molecule has 2 aromatic carbocycles. The summed E-state index contributed by atoms with van der Waals surface area (Å²) in [6.45, 7) is 11.0. The van der Waals surface area contributed by atoms with E-state index in [9.17, 15) is 9.90 Å². The van der Waals surface area contributed by atoms with E-state index in [4.69, 9.17) is 21.1 Å². The van der Waals surface area contributed by atoms with E-state index in [-0.39, 0.29) is 30.5 Å². The van der Waals surface area contributed by atoms with E-state index >= 15 is 0 Å². The van der Waals surface area contributed by atoms with E-state index in [1.54, 1.807) is 0 Å². The Morgan fingerprint density at radius 1 is 1.26 bits per heavy atom. The summed E-state index contributed by atoms with van der Waals surface area (Å²) in [7, 11) is 0. The van der Waals surface area contributed by atoms with Gasteiger partial charge in [-0.3, -0.25) is 4.79 Å². The summed E-state index contributed by atoms with van der Waals surface area (Å²) in [6, 6.07) is 13.5. The van der Waals surface area contributed by atoms with Crippen LogP contribution in [0.1, 0.15) is 62.3 Å². The smallest absolute Gasteiger partial charge is 0.307 e. The molecule has 2 aromatic rings. The summed E-state index contributed by atoms with van der Waals surface area (Å²) in [5.41, 5.74) is 3.74. The summed E-state index contributed by atoms with van der Waals surface area (Å²) >= 11 is 6.50. The monoisotopic (exact) mass is 442 g/mol. The van der Waals surface area contributed by atoms with Gasteiger partial charge in [-0.1, -0.05) is 54.9 Å². The molecule has 4 nitrogen and oxygen atoms in total. The molecule has 1 heterocycles. The van der Waals surface area contributed by atoms with Crippen LogP contribution in [-0.2, 0) is 16.0 Å². The van der Waals surface area contributed by atoms with Crippen molar-refractivity contribution in [3.05, 3.63) is 76.3 Å². The summed E-state index contributed by atoms with van der Waals surface area (Å²) in [6.07, 6.45) is 1.37. The van der Waals surface area contributed by atoms with Gasteiger partial charge in [0.05, 0.1) is 25.2 Å². The molecule has 4 atom stereocenters. The molecule has 0 spiro atoms. The molecule has 1 saturated heterocycles. The lowest BCUT2D eigenvalue weighted by molar-refractivity contribution is -0.136. The van der Waals surface area contributed by atoms with Gasteiger partial charge in [0.15, 0.2) is 0 Å². The maximum Gasteiger partial charge on any atom is 0.307 e. The predicted molar refractivity (Wildman–Crippen MR) is 124 cm³/mol. The van der Waals surface area contributed by atoms with E-state index < -0.39 is 5.97 Å². The number of aliphatic carboxylic acids is 1. The van der Waals surface area contributed by atoms with Gasteiger partial charge in [0, 0.05) is 22.4 Å². The average Bonchev–Trinajstić information content (AvgIpc) is 2.72. The second-order valence-electron chi connectivity index (χ2n) is 8.37. The number of benzene rings is 2. The molecular weight excluding hydrogens is 412 g/mol. The van der Waals surface area contributed by atoms with Crippen LogP contribution in [0, 0.1) is 5.92 Å². The average molecular weight is 443 g/mol. The van der Waals surface area contributed by atoms with Crippen LogP contribution < -0.4 is 4.74 Å². The number of ether oxygens (including phenoxy) is 2. The van der Waals surface area contributed by atoms with E-state index in [1.807, 2.05) is 43.3 Å². The Kier molecular flexibility index (Phi) is 7.79. The third-order valence-electron chi connectivity index (χ3n) is 5.94. The van der Waals surface area contributed by atoms with Crippen LogP contribution in [0.5, 0.6) is 5.75 Å². The quantitative estimate of drug-likeness (QED) is 0.469. The second-order valence-corrected chi connectivity index (χ2v) is 8.78. The number of hydrogen-bond acceptors (Lipinski definition) is 3. The number of carbonyl (C=O) groups is 1. The van der Waals surface area contributed by atoms with Crippen molar-refractivity contribution in [3.63, 3.8) is 0 Å². The van der Waals surface area contributed by atoms with E-state index in [1.165, 1.54) is 0 Å². The fraction of sp³-hybridized carbons (Fsp3) is 0.423. The molecule has 1 fully saturated rings. The summed E-state index contributed by atoms with van der Waals surface area (Å²) in [5.74, 6) is 0.0902. The minimum atomic E-state index is -0.860. The maximum absolute atomic E-state index is 11.3. The first-order valence-corrected chi connectivity index (χ1v) is 11.2. The Morgan fingerprint density at radius 3 is 2.65 bits per heavy atom. The van der Waals surface area contributed by atoms with Crippen molar-refractivity contribution >= 4 is 17.6 Å². The van der Waals surface area contributed by atoms with Crippen molar-refractivity contribution < 1.29 is 19.4 Å². The maximum atomic E-state index is 11.3. The summed E-state index contributed by atoms with van der Waals surface area (Å²) in [5, 5.41) is 10.0.